The molecule has 0 fully saturated rings. The highest BCUT2D eigenvalue weighted by molar-refractivity contribution is 6.17. The Hall–Kier alpha value is 0.985. The molecule has 0 bridgehead atoms. The van der Waals surface area contributed by atoms with Gasteiger partial charge in [0.1, 0.15) is 0 Å². The predicted octanol–water partition coefficient (Wildman–Crippen LogP) is -0.0778. The maximum absolute atomic E-state index is 5.20. The third kappa shape index (κ3) is 11.7. The fraction of sp³-hybridized carbons (Fsp3) is 1.00. The van der Waals surface area contributed by atoms with Crippen LogP contribution in [0.5, 0.6) is 0 Å². The smallest absolute Gasteiger partial charge is 0.481 e. The van der Waals surface area contributed by atoms with E-state index in [1.54, 1.807) is 0 Å². The minimum Gasteiger partial charge on any atom is -0.481 e. The van der Waals surface area contributed by atoms with Gasteiger partial charge in [0.05, 0.1) is 0 Å². The molecule has 0 unspecified atom stereocenters. The van der Waals surface area contributed by atoms with Crippen molar-refractivity contribution in [3.8, 4) is 0 Å². The summed E-state index contributed by atoms with van der Waals surface area (Å²) in [5.41, 5.74) is 0. The molecule has 0 saturated carbocycles. The van der Waals surface area contributed by atoms with Crippen LogP contribution in [0.15, 0.2) is 0 Å². The topological polar surface area (TPSA) is 18.5 Å². The normalized spacial score (nSPS) is 8.60. The van der Waals surface area contributed by atoms with Gasteiger partial charge in [0.15, 0.2) is 17.4 Å². The maximum atomic E-state index is 5.20. The number of hydrogen-bond acceptors (Lipinski definition) is 2. The monoisotopic (exact) mass is 176 g/mol. The Morgan fingerprint density at radius 1 is 1.00 bits per heavy atom. The standard InChI is InChI=1S/2C3H7O.2Al.4H/c2*1-2-3-4;;;;;;/h2*2-3H2,1H3;;;;;;/q2*-1;;+2;;;;. The van der Waals surface area contributed by atoms with E-state index in [-0.39, 0.29) is 17.4 Å². The summed E-state index contributed by atoms with van der Waals surface area (Å²) in [7, 11) is 0. The molecule has 0 aliphatic heterocycles. The maximum Gasteiger partial charge on any atom is 0.649 e. The average molecular weight is 176 g/mol. The van der Waals surface area contributed by atoms with Gasteiger partial charge in [0.25, 0.3) is 0 Å². The SMILES string of the molecule is CCC[O][AlH][O]CCC.[AlH3]. The molecule has 60 valence electrons. The third-order valence-electron chi connectivity index (χ3n) is 0.864. The number of hydrogen-bond donors (Lipinski definition) is 0. The van der Waals surface area contributed by atoms with Crippen molar-refractivity contribution in [2.75, 3.05) is 13.2 Å². The second-order valence-electron chi connectivity index (χ2n) is 1.93. The molecule has 0 atom stereocenters. The Balaban J connectivity index is 0. The van der Waals surface area contributed by atoms with Crippen LogP contribution < -0.4 is 0 Å². The molecular weight excluding hydrogens is 158 g/mol. The van der Waals surface area contributed by atoms with Gasteiger partial charge in [-0.3, -0.25) is 0 Å². The van der Waals surface area contributed by atoms with Crippen LogP contribution in [0.1, 0.15) is 26.7 Å². The molecule has 0 radical (unpaired) electrons. The fourth-order valence-corrected chi connectivity index (χ4v) is 1.40. The van der Waals surface area contributed by atoms with Gasteiger partial charge in [-0.25, -0.2) is 0 Å². The molecule has 0 aliphatic carbocycles. The summed E-state index contributed by atoms with van der Waals surface area (Å²) in [6.45, 7) is 5.95. The van der Waals surface area contributed by atoms with Crippen LogP contribution in [0, 0.1) is 0 Å². The summed E-state index contributed by atoms with van der Waals surface area (Å²) in [6.07, 6.45) is 2.20. The molecule has 10 heavy (non-hydrogen) atoms. The predicted molar refractivity (Wildman–Crippen MR) is 49.6 cm³/mol. The summed E-state index contributed by atoms with van der Waals surface area (Å²) in [4.78, 5) is 0. The van der Waals surface area contributed by atoms with Crippen LogP contribution in [0.2, 0.25) is 0 Å². The molecule has 0 saturated heterocycles. The van der Waals surface area contributed by atoms with Crippen molar-refractivity contribution in [3.05, 3.63) is 0 Å². The van der Waals surface area contributed by atoms with Crippen molar-refractivity contribution in [1.29, 1.82) is 0 Å². The Bertz CT molecular complexity index is 47.0. The Morgan fingerprint density at radius 3 is 1.70 bits per heavy atom. The molecule has 0 aromatic heterocycles. The summed E-state index contributed by atoms with van der Waals surface area (Å²) in [5.74, 6) is 0. The van der Waals surface area contributed by atoms with Gasteiger partial charge < -0.3 is 7.58 Å². The summed E-state index contributed by atoms with van der Waals surface area (Å²) >= 11 is -0.611. The van der Waals surface area contributed by atoms with Gasteiger partial charge in [-0.1, -0.05) is 13.8 Å². The van der Waals surface area contributed by atoms with Crippen LogP contribution in [-0.4, -0.2) is 46.5 Å². The van der Waals surface area contributed by atoms with Crippen molar-refractivity contribution >= 4 is 33.2 Å². The molecule has 0 aromatic carbocycles. The second kappa shape index (κ2) is 12.6. The summed E-state index contributed by atoms with van der Waals surface area (Å²) in [5, 5.41) is 0. The van der Waals surface area contributed by atoms with E-state index in [2.05, 4.69) is 13.8 Å². The lowest BCUT2D eigenvalue weighted by Crippen LogP contribution is -2.05. The van der Waals surface area contributed by atoms with Crippen molar-refractivity contribution in [1.82, 2.24) is 0 Å². The van der Waals surface area contributed by atoms with E-state index in [0.717, 1.165) is 26.1 Å². The van der Waals surface area contributed by atoms with Gasteiger partial charge in [-0.15, -0.1) is 0 Å². The lowest BCUT2D eigenvalue weighted by Gasteiger charge is -2.00. The first-order valence-corrected chi connectivity index (χ1v) is 4.72. The Labute approximate surface area is 80.8 Å². The highest BCUT2D eigenvalue weighted by Crippen LogP contribution is 1.81. The average Bonchev–Trinajstić information content (AvgIpc) is 1.89. The second-order valence-corrected chi connectivity index (χ2v) is 2.99. The zero-order valence-corrected chi connectivity index (χ0v) is 7.77. The van der Waals surface area contributed by atoms with Gasteiger partial charge in [-0.05, 0) is 12.8 Å². The van der Waals surface area contributed by atoms with E-state index in [1.165, 1.54) is 0 Å². The third-order valence-corrected chi connectivity index (χ3v) is 1.77. The highest BCUT2D eigenvalue weighted by Gasteiger charge is 1.92. The molecule has 0 amide bonds. The first-order valence-electron chi connectivity index (χ1n) is 3.57. The van der Waals surface area contributed by atoms with E-state index in [4.69, 9.17) is 7.58 Å². The van der Waals surface area contributed by atoms with Crippen LogP contribution in [0.25, 0.3) is 0 Å². The van der Waals surface area contributed by atoms with Crippen molar-refractivity contribution in [2.45, 2.75) is 26.7 Å². The van der Waals surface area contributed by atoms with E-state index >= 15 is 0 Å². The molecule has 0 aromatic rings. The van der Waals surface area contributed by atoms with Crippen LogP contribution in [-0.2, 0) is 7.58 Å². The van der Waals surface area contributed by atoms with Crippen molar-refractivity contribution in [3.63, 3.8) is 0 Å². The fourth-order valence-electron chi connectivity index (χ4n) is 0.465. The van der Waals surface area contributed by atoms with Gasteiger partial charge in [-0.2, -0.15) is 0 Å². The highest BCUT2D eigenvalue weighted by atomic mass is 27.2. The molecule has 0 rings (SSSR count). The first-order chi connectivity index (χ1) is 4.41. The summed E-state index contributed by atoms with van der Waals surface area (Å²) in [6, 6.07) is 0. The first kappa shape index (κ1) is 13.6. The van der Waals surface area contributed by atoms with Gasteiger partial charge in [0.2, 0.25) is 0 Å². The van der Waals surface area contributed by atoms with E-state index in [9.17, 15) is 0 Å². The molecule has 4 heteroatoms. The Morgan fingerprint density at radius 2 is 1.40 bits per heavy atom. The largest absolute Gasteiger partial charge is 0.649 e. The van der Waals surface area contributed by atoms with Crippen molar-refractivity contribution < 1.29 is 7.58 Å². The zero-order valence-electron chi connectivity index (χ0n) is 6.35. The van der Waals surface area contributed by atoms with Crippen LogP contribution in [0.3, 0.4) is 0 Å². The molecule has 2 nitrogen and oxygen atoms in total. The van der Waals surface area contributed by atoms with Gasteiger partial charge in [0, 0.05) is 13.2 Å². The van der Waals surface area contributed by atoms with E-state index in [1.807, 2.05) is 0 Å². The minimum absolute atomic E-state index is 0. The molecular formula is C6H18Al2O2. The number of rotatable bonds is 6. The van der Waals surface area contributed by atoms with Crippen molar-refractivity contribution in [2.24, 2.45) is 0 Å². The Kier molecular flexibility index (Phi) is 17.2. The molecule has 0 spiro atoms. The lowest BCUT2D eigenvalue weighted by atomic mass is 10.5. The minimum atomic E-state index is -0.611. The zero-order chi connectivity index (χ0) is 6.95. The molecule has 0 heterocycles. The lowest BCUT2D eigenvalue weighted by molar-refractivity contribution is 0.222. The van der Waals surface area contributed by atoms with Crippen LogP contribution >= 0.6 is 0 Å². The van der Waals surface area contributed by atoms with Crippen LogP contribution in [0.4, 0.5) is 0 Å². The quantitative estimate of drug-likeness (QED) is 0.416. The molecule has 0 N–H and O–H groups in total. The summed E-state index contributed by atoms with van der Waals surface area (Å²) < 4.78 is 10.4. The van der Waals surface area contributed by atoms with Gasteiger partial charge >= 0.3 is 15.9 Å². The van der Waals surface area contributed by atoms with E-state index < -0.39 is 15.9 Å². The molecule has 0 aliphatic rings. The van der Waals surface area contributed by atoms with E-state index in [0.29, 0.717) is 0 Å².